The number of rotatable bonds is 0. The Morgan fingerprint density at radius 3 is 2.62 bits per heavy atom. The number of carbonyl (C=O) groups excluding carboxylic acids is 1. The van der Waals surface area contributed by atoms with Gasteiger partial charge >= 0.3 is 0 Å². The number of nitrogens with one attached hydrogen (secondary N) is 1. The molecule has 0 saturated carbocycles. The maximum Gasteiger partial charge on any atom is 0.163 e. The molecule has 1 N–H and O–H groups in total. The zero-order chi connectivity index (χ0) is 11.0. The van der Waals surface area contributed by atoms with Crippen molar-refractivity contribution in [2.45, 2.75) is 25.7 Å². The van der Waals surface area contributed by atoms with Gasteiger partial charge in [-0.3, -0.25) is 4.79 Å². The standard InChI is InChI=1S/C14H17NO/c16-13-10-14(5-7-15-8-6-14)9-11-3-1-2-4-12(11)13/h1-4,15H,5-10H2. The summed E-state index contributed by atoms with van der Waals surface area (Å²) in [6.07, 6.45) is 4.14. The lowest BCUT2D eigenvalue weighted by molar-refractivity contribution is 0.0836. The number of hydrogen-bond acceptors (Lipinski definition) is 2. The molecule has 1 aliphatic carbocycles. The fourth-order valence-corrected chi connectivity index (χ4v) is 3.16. The number of Topliss-reactive ketones (excluding diaryl/α,β-unsaturated/α-hetero) is 1. The van der Waals surface area contributed by atoms with Crippen LogP contribution in [0.4, 0.5) is 0 Å². The Kier molecular flexibility index (Phi) is 2.32. The van der Waals surface area contributed by atoms with E-state index in [-0.39, 0.29) is 5.41 Å². The van der Waals surface area contributed by atoms with Crippen molar-refractivity contribution >= 4 is 5.78 Å². The Bertz CT molecular complexity index is 418. The van der Waals surface area contributed by atoms with E-state index in [1.807, 2.05) is 18.2 Å². The second-order valence-electron chi connectivity index (χ2n) is 5.18. The Morgan fingerprint density at radius 1 is 1.06 bits per heavy atom. The number of benzene rings is 1. The summed E-state index contributed by atoms with van der Waals surface area (Å²) in [7, 11) is 0. The van der Waals surface area contributed by atoms with E-state index in [2.05, 4.69) is 11.4 Å². The lowest BCUT2D eigenvalue weighted by Gasteiger charge is -2.40. The summed E-state index contributed by atoms with van der Waals surface area (Å²) in [5, 5.41) is 3.38. The van der Waals surface area contributed by atoms with Gasteiger partial charge in [0.2, 0.25) is 0 Å². The van der Waals surface area contributed by atoms with Crippen LogP contribution in [0.15, 0.2) is 24.3 Å². The predicted octanol–water partition coefficient (Wildman–Crippen LogP) is 2.19. The number of carbonyl (C=O) groups is 1. The molecule has 1 fully saturated rings. The van der Waals surface area contributed by atoms with Crippen molar-refractivity contribution in [2.75, 3.05) is 13.1 Å². The molecule has 16 heavy (non-hydrogen) atoms. The molecule has 1 aromatic rings. The topological polar surface area (TPSA) is 29.1 Å². The fraction of sp³-hybridized carbons (Fsp3) is 0.500. The number of ketones is 1. The van der Waals surface area contributed by atoms with E-state index >= 15 is 0 Å². The van der Waals surface area contributed by atoms with Gasteiger partial charge in [0.15, 0.2) is 5.78 Å². The molecular formula is C14H17NO. The Hall–Kier alpha value is -1.15. The third kappa shape index (κ3) is 1.57. The van der Waals surface area contributed by atoms with Crippen LogP contribution in [0.2, 0.25) is 0 Å². The molecule has 0 unspecified atom stereocenters. The molecule has 0 atom stereocenters. The molecule has 1 aliphatic heterocycles. The molecule has 1 aromatic carbocycles. The van der Waals surface area contributed by atoms with Gasteiger partial charge in [-0.2, -0.15) is 0 Å². The molecule has 2 heteroatoms. The molecule has 2 aliphatic rings. The number of fused-ring (bicyclic) bond motifs is 1. The SMILES string of the molecule is O=C1CC2(CCNCC2)Cc2ccccc21. The molecule has 1 saturated heterocycles. The van der Waals surface area contributed by atoms with E-state index in [4.69, 9.17) is 0 Å². The molecule has 0 bridgehead atoms. The normalized spacial score (nSPS) is 23.1. The van der Waals surface area contributed by atoms with Crippen LogP contribution < -0.4 is 5.32 Å². The summed E-state index contributed by atoms with van der Waals surface area (Å²) in [5.74, 6) is 0.351. The van der Waals surface area contributed by atoms with E-state index in [0.29, 0.717) is 5.78 Å². The highest BCUT2D eigenvalue weighted by atomic mass is 16.1. The smallest absolute Gasteiger partial charge is 0.163 e. The van der Waals surface area contributed by atoms with Gasteiger partial charge in [0.1, 0.15) is 0 Å². The van der Waals surface area contributed by atoms with Crippen LogP contribution in [0.1, 0.15) is 35.2 Å². The van der Waals surface area contributed by atoms with Crippen LogP contribution >= 0.6 is 0 Å². The maximum atomic E-state index is 12.1. The molecular weight excluding hydrogens is 198 g/mol. The van der Waals surface area contributed by atoms with Gasteiger partial charge in [-0.25, -0.2) is 0 Å². The van der Waals surface area contributed by atoms with E-state index in [1.165, 1.54) is 5.56 Å². The van der Waals surface area contributed by atoms with Crippen LogP contribution in [-0.2, 0) is 6.42 Å². The third-order valence-corrected chi connectivity index (χ3v) is 4.08. The largest absolute Gasteiger partial charge is 0.317 e. The Labute approximate surface area is 96.1 Å². The van der Waals surface area contributed by atoms with Gasteiger partial charge < -0.3 is 5.32 Å². The molecule has 3 rings (SSSR count). The van der Waals surface area contributed by atoms with Crippen molar-refractivity contribution in [3.63, 3.8) is 0 Å². The van der Waals surface area contributed by atoms with Crippen molar-refractivity contribution in [3.05, 3.63) is 35.4 Å². The predicted molar refractivity (Wildman–Crippen MR) is 63.6 cm³/mol. The zero-order valence-electron chi connectivity index (χ0n) is 9.46. The first kappa shape index (κ1) is 10.0. The summed E-state index contributed by atoms with van der Waals surface area (Å²) < 4.78 is 0. The Balaban J connectivity index is 1.96. The molecule has 2 nitrogen and oxygen atoms in total. The van der Waals surface area contributed by atoms with Gasteiger partial charge in [0.05, 0.1) is 0 Å². The van der Waals surface area contributed by atoms with Crippen molar-refractivity contribution in [2.24, 2.45) is 5.41 Å². The van der Waals surface area contributed by atoms with Crippen LogP contribution in [0.3, 0.4) is 0 Å². The minimum absolute atomic E-state index is 0.261. The van der Waals surface area contributed by atoms with E-state index < -0.39 is 0 Å². The zero-order valence-corrected chi connectivity index (χ0v) is 9.46. The Morgan fingerprint density at radius 2 is 1.81 bits per heavy atom. The second kappa shape index (κ2) is 3.70. The first-order valence-electron chi connectivity index (χ1n) is 6.11. The van der Waals surface area contributed by atoms with Crippen LogP contribution in [0.25, 0.3) is 0 Å². The monoisotopic (exact) mass is 215 g/mol. The molecule has 1 spiro atoms. The third-order valence-electron chi connectivity index (χ3n) is 4.08. The highest BCUT2D eigenvalue weighted by Crippen LogP contribution is 2.41. The van der Waals surface area contributed by atoms with Gasteiger partial charge in [-0.05, 0) is 43.3 Å². The average Bonchev–Trinajstić information content (AvgIpc) is 2.30. The molecule has 0 radical (unpaired) electrons. The van der Waals surface area contributed by atoms with E-state index in [0.717, 1.165) is 44.3 Å². The van der Waals surface area contributed by atoms with Crippen molar-refractivity contribution in [1.82, 2.24) is 5.32 Å². The van der Waals surface area contributed by atoms with E-state index in [9.17, 15) is 4.79 Å². The summed E-state index contributed by atoms with van der Waals surface area (Å²) in [6.45, 7) is 2.13. The van der Waals surface area contributed by atoms with Gasteiger partial charge in [-0.15, -0.1) is 0 Å². The average molecular weight is 215 g/mol. The number of hydrogen-bond donors (Lipinski definition) is 1. The van der Waals surface area contributed by atoms with Crippen molar-refractivity contribution < 1.29 is 4.79 Å². The highest BCUT2D eigenvalue weighted by Gasteiger charge is 2.38. The molecule has 84 valence electrons. The van der Waals surface area contributed by atoms with Crippen LogP contribution in [0.5, 0.6) is 0 Å². The maximum absolute atomic E-state index is 12.1. The fourth-order valence-electron chi connectivity index (χ4n) is 3.16. The second-order valence-corrected chi connectivity index (χ2v) is 5.18. The lowest BCUT2D eigenvalue weighted by atomic mass is 9.66. The van der Waals surface area contributed by atoms with Gasteiger partial charge in [-0.1, -0.05) is 24.3 Å². The summed E-state index contributed by atoms with van der Waals surface area (Å²) in [4.78, 5) is 12.1. The van der Waals surface area contributed by atoms with Gasteiger partial charge in [0, 0.05) is 12.0 Å². The first-order chi connectivity index (χ1) is 7.79. The van der Waals surface area contributed by atoms with Crippen molar-refractivity contribution in [1.29, 1.82) is 0 Å². The minimum Gasteiger partial charge on any atom is -0.317 e. The van der Waals surface area contributed by atoms with Crippen molar-refractivity contribution in [3.8, 4) is 0 Å². The molecule has 0 amide bonds. The van der Waals surface area contributed by atoms with Gasteiger partial charge in [0.25, 0.3) is 0 Å². The summed E-state index contributed by atoms with van der Waals surface area (Å²) in [6, 6.07) is 8.12. The van der Waals surface area contributed by atoms with Crippen LogP contribution in [-0.4, -0.2) is 18.9 Å². The van der Waals surface area contributed by atoms with Crippen LogP contribution in [0, 0.1) is 5.41 Å². The molecule has 0 aromatic heterocycles. The van der Waals surface area contributed by atoms with E-state index in [1.54, 1.807) is 0 Å². The number of piperidine rings is 1. The summed E-state index contributed by atoms with van der Waals surface area (Å²) >= 11 is 0. The highest BCUT2D eigenvalue weighted by molar-refractivity contribution is 5.99. The molecule has 1 heterocycles. The summed E-state index contributed by atoms with van der Waals surface area (Å²) in [5.41, 5.74) is 2.49. The lowest BCUT2D eigenvalue weighted by Crippen LogP contribution is -2.42. The first-order valence-corrected chi connectivity index (χ1v) is 6.11. The minimum atomic E-state index is 0.261. The quantitative estimate of drug-likeness (QED) is 0.718.